The number of fused-ring (bicyclic) bond motifs is 1. The molecule has 4 amide bonds. The average Bonchev–Trinajstić information content (AvgIpc) is 3.76. The number of carbonyl (C=O) groups is 4. The number of amides is 4. The van der Waals surface area contributed by atoms with E-state index in [1.54, 1.807) is 83.9 Å². The molecule has 6 rings (SSSR count). The number of aryl methyl sites for hydroxylation is 3. The van der Waals surface area contributed by atoms with E-state index < -0.39 is 17.7 Å². The number of anilines is 3. The van der Waals surface area contributed by atoms with Crippen LogP contribution in [0.4, 0.5) is 17.1 Å². The molecule has 1 aliphatic heterocycles. The van der Waals surface area contributed by atoms with Gasteiger partial charge in [-0.25, -0.2) is 0 Å². The van der Waals surface area contributed by atoms with Crippen LogP contribution < -0.4 is 21.3 Å². The third-order valence-corrected chi connectivity index (χ3v) is 8.17. The van der Waals surface area contributed by atoms with Gasteiger partial charge in [0.05, 0.1) is 30.3 Å². The normalized spacial score (nSPS) is 13.3. The predicted molar refractivity (Wildman–Crippen MR) is 181 cm³/mol. The number of pyridine rings is 1. The van der Waals surface area contributed by atoms with Crippen LogP contribution in [0, 0.1) is 0 Å². The Balaban J connectivity index is 1.05. The summed E-state index contributed by atoms with van der Waals surface area (Å²) in [6.45, 7) is 4.33. The molecule has 4 aromatic heterocycles. The van der Waals surface area contributed by atoms with Gasteiger partial charge in [0.1, 0.15) is 22.8 Å². The molecule has 1 aromatic carbocycles. The summed E-state index contributed by atoms with van der Waals surface area (Å²) in [4.78, 5) is 58.5. The second kappa shape index (κ2) is 13.9. The number of nitrogens with one attached hydrogen (secondary N) is 4. The summed E-state index contributed by atoms with van der Waals surface area (Å²) in [5, 5.41) is 13.2. The van der Waals surface area contributed by atoms with Gasteiger partial charge in [-0.2, -0.15) is 0 Å². The fourth-order valence-corrected chi connectivity index (χ4v) is 5.61. The number of benzene rings is 1. The number of aromatic nitrogens is 4. The zero-order valence-electron chi connectivity index (χ0n) is 26.9. The minimum absolute atomic E-state index is 0.233. The molecule has 0 bridgehead atoms. The summed E-state index contributed by atoms with van der Waals surface area (Å²) >= 11 is 0. The van der Waals surface area contributed by atoms with Crippen molar-refractivity contribution in [3.8, 4) is 0 Å². The number of hydrogen-bond acceptors (Lipinski definition) is 7. The third-order valence-electron chi connectivity index (χ3n) is 8.17. The van der Waals surface area contributed by atoms with Crippen LogP contribution in [0.5, 0.6) is 0 Å². The van der Waals surface area contributed by atoms with Crippen molar-refractivity contribution in [2.24, 2.45) is 21.1 Å². The first-order chi connectivity index (χ1) is 23.1. The van der Waals surface area contributed by atoms with Crippen LogP contribution in [-0.2, 0) is 25.9 Å². The molecule has 4 N–H and O–H groups in total. The first kappa shape index (κ1) is 32.2. The third kappa shape index (κ3) is 7.29. The van der Waals surface area contributed by atoms with Crippen molar-refractivity contribution in [1.82, 2.24) is 28.9 Å². The van der Waals surface area contributed by atoms with Gasteiger partial charge in [0, 0.05) is 77.5 Å². The Bertz CT molecular complexity index is 2000. The number of morpholine rings is 1. The first-order valence-corrected chi connectivity index (χ1v) is 15.5. The van der Waals surface area contributed by atoms with Gasteiger partial charge in [-0.15, -0.1) is 0 Å². The number of nitrogens with zero attached hydrogens (tertiary/aromatic N) is 5. The Morgan fingerprint density at radius 1 is 0.688 bits per heavy atom. The predicted octanol–water partition coefficient (Wildman–Crippen LogP) is 3.07. The lowest BCUT2D eigenvalue weighted by atomic mass is 10.1. The van der Waals surface area contributed by atoms with Crippen molar-refractivity contribution >= 4 is 51.5 Å². The van der Waals surface area contributed by atoms with Crippen LogP contribution in [0.1, 0.15) is 42.0 Å². The molecule has 1 fully saturated rings. The summed E-state index contributed by atoms with van der Waals surface area (Å²) in [5.74, 6) is -1.46. The lowest BCUT2D eigenvalue weighted by Crippen LogP contribution is -2.41. The highest BCUT2D eigenvalue weighted by molar-refractivity contribution is 6.09. The van der Waals surface area contributed by atoms with E-state index in [-0.39, 0.29) is 11.6 Å². The molecule has 0 aliphatic carbocycles. The standard InChI is InChI=1S/C34H37N9O5/c1-40-20-25(15-28(40)32(45)35-8-9-43-10-12-48-13-11-43)38-34(47)30-17-26(21-42(30)3)39-33(46)29-16-24(19-41(29)2)37-31(44)27-14-22-6-4-5-7-23(22)18-36-27/h4-7,14-21H,8-13H2,1-3H3,(H,35,45)(H,37,44)(H,38,47)(H,39,46). The molecular formula is C34H37N9O5. The van der Waals surface area contributed by atoms with Gasteiger partial charge in [0.2, 0.25) is 0 Å². The van der Waals surface area contributed by atoms with Gasteiger partial charge >= 0.3 is 0 Å². The topological polar surface area (TPSA) is 157 Å². The number of hydrogen-bond donors (Lipinski definition) is 4. The molecule has 0 spiro atoms. The molecule has 48 heavy (non-hydrogen) atoms. The summed E-state index contributed by atoms with van der Waals surface area (Å²) in [6, 6.07) is 14.1. The minimum atomic E-state index is -0.424. The molecule has 248 valence electrons. The lowest BCUT2D eigenvalue weighted by Gasteiger charge is -2.26. The van der Waals surface area contributed by atoms with E-state index in [2.05, 4.69) is 31.2 Å². The zero-order valence-corrected chi connectivity index (χ0v) is 26.9. The van der Waals surface area contributed by atoms with Crippen LogP contribution >= 0.6 is 0 Å². The highest BCUT2D eigenvalue weighted by atomic mass is 16.5. The molecule has 5 aromatic rings. The molecule has 14 heteroatoms. The van der Waals surface area contributed by atoms with Gasteiger partial charge in [-0.3, -0.25) is 29.1 Å². The van der Waals surface area contributed by atoms with Crippen molar-refractivity contribution in [1.29, 1.82) is 0 Å². The lowest BCUT2D eigenvalue weighted by molar-refractivity contribution is 0.0383. The second-order valence-electron chi connectivity index (χ2n) is 11.7. The first-order valence-electron chi connectivity index (χ1n) is 15.5. The van der Waals surface area contributed by atoms with Gasteiger partial charge < -0.3 is 39.7 Å². The number of rotatable bonds is 10. The smallest absolute Gasteiger partial charge is 0.274 e. The Labute approximate surface area is 276 Å². The Morgan fingerprint density at radius 2 is 1.19 bits per heavy atom. The van der Waals surface area contributed by atoms with Crippen molar-refractivity contribution in [3.63, 3.8) is 0 Å². The maximum absolute atomic E-state index is 13.2. The summed E-state index contributed by atoms with van der Waals surface area (Å²) in [5.41, 5.74) is 2.58. The summed E-state index contributed by atoms with van der Waals surface area (Å²) in [7, 11) is 5.13. The molecule has 1 saturated heterocycles. The van der Waals surface area contributed by atoms with E-state index in [0.717, 1.165) is 30.4 Å². The van der Waals surface area contributed by atoms with E-state index >= 15 is 0 Å². The quantitative estimate of drug-likeness (QED) is 0.181. The van der Waals surface area contributed by atoms with E-state index in [4.69, 9.17) is 4.74 Å². The van der Waals surface area contributed by atoms with Gasteiger partial charge in [-0.1, -0.05) is 24.3 Å². The van der Waals surface area contributed by atoms with Crippen LogP contribution in [0.25, 0.3) is 10.8 Å². The molecule has 0 atom stereocenters. The Hall–Kier alpha value is -5.73. The van der Waals surface area contributed by atoms with E-state index in [0.29, 0.717) is 53.9 Å². The zero-order chi connectivity index (χ0) is 33.8. The van der Waals surface area contributed by atoms with Crippen LogP contribution in [0.2, 0.25) is 0 Å². The minimum Gasteiger partial charge on any atom is -0.379 e. The van der Waals surface area contributed by atoms with Crippen molar-refractivity contribution < 1.29 is 23.9 Å². The molecule has 0 unspecified atom stereocenters. The highest BCUT2D eigenvalue weighted by Crippen LogP contribution is 2.21. The van der Waals surface area contributed by atoms with Crippen molar-refractivity contribution in [2.45, 2.75) is 0 Å². The average molecular weight is 652 g/mol. The Kier molecular flexibility index (Phi) is 9.36. The highest BCUT2D eigenvalue weighted by Gasteiger charge is 2.20. The SMILES string of the molecule is Cn1cc(NC(=O)c2cc(NC(=O)c3cc(NC(=O)c4cc5ccccc5cn4)cn3C)cn2C)cc1C(=O)NCCN1CCOCC1. The number of ether oxygens (including phenoxy) is 1. The fraction of sp³-hybridized carbons (Fsp3) is 0.265. The van der Waals surface area contributed by atoms with Crippen LogP contribution in [0.3, 0.4) is 0 Å². The fourth-order valence-electron chi connectivity index (χ4n) is 5.61. The van der Waals surface area contributed by atoms with Crippen molar-refractivity contribution in [3.05, 3.63) is 96.1 Å². The maximum atomic E-state index is 13.2. The van der Waals surface area contributed by atoms with Gasteiger partial charge in [-0.05, 0) is 29.7 Å². The van der Waals surface area contributed by atoms with Crippen LogP contribution in [-0.4, -0.2) is 86.6 Å². The molecular weight excluding hydrogens is 614 g/mol. The van der Waals surface area contributed by atoms with E-state index in [9.17, 15) is 19.2 Å². The summed E-state index contributed by atoms with van der Waals surface area (Å²) < 4.78 is 10.2. The Morgan fingerprint density at radius 3 is 1.75 bits per heavy atom. The van der Waals surface area contributed by atoms with Crippen molar-refractivity contribution in [2.75, 3.05) is 55.3 Å². The molecule has 1 aliphatic rings. The molecule has 0 radical (unpaired) electrons. The summed E-state index contributed by atoms with van der Waals surface area (Å²) in [6.07, 6.45) is 6.58. The van der Waals surface area contributed by atoms with Gasteiger partial charge in [0.25, 0.3) is 23.6 Å². The van der Waals surface area contributed by atoms with Gasteiger partial charge in [0.15, 0.2) is 0 Å². The molecule has 0 saturated carbocycles. The monoisotopic (exact) mass is 651 g/mol. The number of carbonyl (C=O) groups excluding carboxylic acids is 4. The van der Waals surface area contributed by atoms with E-state index in [1.165, 1.54) is 0 Å². The van der Waals surface area contributed by atoms with Crippen LogP contribution in [0.15, 0.2) is 73.3 Å². The second-order valence-corrected chi connectivity index (χ2v) is 11.7. The molecule has 5 heterocycles. The maximum Gasteiger partial charge on any atom is 0.274 e. The molecule has 14 nitrogen and oxygen atoms in total. The van der Waals surface area contributed by atoms with E-state index in [1.807, 2.05) is 24.3 Å². The largest absolute Gasteiger partial charge is 0.379 e.